The van der Waals surface area contributed by atoms with Crippen LogP contribution in [0.4, 0.5) is 5.69 Å². The minimum absolute atomic E-state index is 0.0152. The molecule has 1 N–H and O–H groups in total. The van der Waals surface area contributed by atoms with Crippen molar-refractivity contribution in [3.63, 3.8) is 0 Å². The zero-order valence-electron chi connectivity index (χ0n) is 11.3. The zero-order chi connectivity index (χ0) is 14.6. The topological polar surface area (TPSA) is 75.7 Å². The maximum absolute atomic E-state index is 11.9. The first-order valence-corrected chi connectivity index (χ1v) is 8.18. The van der Waals surface area contributed by atoms with Crippen LogP contribution in [0.25, 0.3) is 0 Å². The van der Waals surface area contributed by atoms with Crippen LogP contribution < -0.4 is 14.4 Å². The van der Waals surface area contributed by atoms with Crippen molar-refractivity contribution in [3.05, 3.63) is 24.3 Å². The van der Waals surface area contributed by atoms with Gasteiger partial charge in [-0.25, -0.2) is 13.1 Å². The Hall–Kier alpha value is -1.60. The number of carbonyl (C=O) groups excluding carboxylic acids is 1. The van der Waals surface area contributed by atoms with Gasteiger partial charge in [-0.05, 0) is 18.6 Å². The Balaban J connectivity index is 2.01. The summed E-state index contributed by atoms with van der Waals surface area (Å²) in [5.41, 5.74) is 0.679. The van der Waals surface area contributed by atoms with Crippen LogP contribution in [0.3, 0.4) is 0 Å². The van der Waals surface area contributed by atoms with Gasteiger partial charge in [-0.2, -0.15) is 0 Å². The van der Waals surface area contributed by atoms with Crippen LogP contribution in [-0.4, -0.2) is 39.8 Å². The fraction of sp³-hybridized carbons (Fsp3) is 0.462. The van der Waals surface area contributed by atoms with Crippen LogP contribution in [0, 0.1) is 0 Å². The predicted molar refractivity (Wildman–Crippen MR) is 76.4 cm³/mol. The Bertz CT molecular complexity index is 586. The van der Waals surface area contributed by atoms with Crippen molar-refractivity contribution in [2.24, 2.45) is 0 Å². The number of rotatable bonds is 6. The van der Waals surface area contributed by atoms with Crippen LogP contribution in [0.15, 0.2) is 24.3 Å². The number of hydrogen-bond donors (Lipinski definition) is 1. The van der Waals surface area contributed by atoms with Crippen LogP contribution >= 0.6 is 0 Å². The number of sulfonamides is 1. The van der Waals surface area contributed by atoms with Crippen molar-refractivity contribution in [3.8, 4) is 5.75 Å². The number of amides is 1. The van der Waals surface area contributed by atoms with Crippen molar-refractivity contribution in [1.29, 1.82) is 0 Å². The summed E-state index contributed by atoms with van der Waals surface area (Å²) < 4.78 is 30.9. The van der Waals surface area contributed by atoms with E-state index in [1.54, 1.807) is 24.0 Å². The second kappa shape index (κ2) is 6.23. The predicted octanol–water partition coefficient (Wildman–Crippen LogP) is 0.741. The molecule has 0 aliphatic carbocycles. The average molecular weight is 298 g/mol. The summed E-state index contributed by atoms with van der Waals surface area (Å²) in [6.07, 6.45) is 0.564. The second-order valence-electron chi connectivity index (χ2n) is 4.51. The molecule has 0 atom stereocenters. The van der Waals surface area contributed by atoms with Crippen molar-refractivity contribution in [1.82, 2.24) is 4.72 Å². The molecule has 1 heterocycles. The third-order valence-electron chi connectivity index (χ3n) is 2.94. The van der Waals surface area contributed by atoms with Gasteiger partial charge in [0.2, 0.25) is 10.0 Å². The number of nitrogens with zero attached hydrogens (tertiary/aromatic N) is 1. The lowest BCUT2D eigenvalue weighted by atomic mass is 10.2. The molecule has 6 nitrogen and oxygen atoms in total. The van der Waals surface area contributed by atoms with E-state index in [1.165, 1.54) is 0 Å². The molecule has 1 aliphatic rings. The van der Waals surface area contributed by atoms with Gasteiger partial charge < -0.3 is 9.64 Å². The number of para-hydroxylation sites is 2. The van der Waals surface area contributed by atoms with E-state index in [-0.39, 0.29) is 24.8 Å². The minimum atomic E-state index is -3.25. The Kier molecular flexibility index (Phi) is 4.61. The normalized spacial score (nSPS) is 14.8. The molecule has 0 radical (unpaired) electrons. The number of ether oxygens (including phenoxy) is 1. The lowest BCUT2D eigenvalue weighted by Crippen LogP contribution is -2.43. The highest BCUT2D eigenvalue weighted by atomic mass is 32.2. The molecule has 20 heavy (non-hydrogen) atoms. The van der Waals surface area contributed by atoms with Crippen LogP contribution in [-0.2, 0) is 14.8 Å². The third kappa shape index (κ3) is 3.49. The van der Waals surface area contributed by atoms with E-state index in [1.807, 2.05) is 12.1 Å². The van der Waals surface area contributed by atoms with Crippen molar-refractivity contribution in [2.45, 2.75) is 13.3 Å². The van der Waals surface area contributed by atoms with E-state index in [2.05, 4.69) is 4.72 Å². The largest absolute Gasteiger partial charge is 0.482 e. The molecule has 1 aromatic rings. The number of hydrogen-bond acceptors (Lipinski definition) is 4. The molecule has 2 rings (SSSR count). The van der Waals surface area contributed by atoms with Gasteiger partial charge in [0.05, 0.1) is 11.4 Å². The van der Waals surface area contributed by atoms with Crippen molar-refractivity contribution in [2.75, 3.05) is 30.3 Å². The molecule has 1 aromatic carbocycles. The average Bonchev–Trinajstić information content (AvgIpc) is 2.41. The van der Waals surface area contributed by atoms with E-state index in [0.29, 0.717) is 24.4 Å². The molecule has 110 valence electrons. The molecule has 0 saturated heterocycles. The highest BCUT2D eigenvalue weighted by molar-refractivity contribution is 7.89. The zero-order valence-corrected chi connectivity index (χ0v) is 12.1. The van der Waals surface area contributed by atoms with Gasteiger partial charge in [0.25, 0.3) is 5.91 Å². The van der Waals surface area contributed by atoms with Gasteiger partial charge in [0, 0.05) is 13.1 Å². The van der Waals surface area contributed by atoms with Crippen LogP contribution in [0.2, 0.25) is 0 Å². The smallest absolute Gasteiger partial charge is 0.265 e. The molecule has 0 bridgehead atoms. The first-order chi connectivity index (χ1) is 9.53. The summed E-state index contributed by atoms with van der Waals surface area (Å²) in [7, 11) is -3.25. The molecular weight excluding hydrogens is 280 g/mol. The number of benzene rings is 1. The lowest BCUT2D eigenvalue weighted by molar-refractivity contribution is -0.121. The maximum Gasteiger partial charge on any atom is 0.265 e. The fourth-order valence-corrected chi connectivity index (χ4v) is 3.14. The monoisotopic (exact) mass is 298 g/mol. The summed E-state index contributed by atoms with van der Waals surface area (Å²) in [5, 5.41) is 0. The maximum atomic E-state index is 11.9. The third-order valence-corrected chi connectivity index (χ3v) is 4.53. The van der Waals surface area contributed by atoms with Crippen LogP contribution in [0.1, 0.15) is 13.3 Å². The van der Waals surface area contributed by atoms with Gasteiger partial charge in [-0.1, -0.05) is 19.1 Å². The molecule has 0 unspecified atom stereocenters. The van der Waals surface area contributed by atoms with E-state index in [0.717, 1.165) is 0 Å². The van der Waals surface area contributed by atoms with E-state index in [4.69, 9.17) is 4.74 Å². The van der Waals surface area contributed by atoms with Gasteiger partial charge >= 0.3 is 0 Å². The molecule has 1 aliphatic heterocycles. The van der Waals surface area contributed by atoms with Crippen LogP contribution in [0.5, 0.6) is 5.75 Å². The summed E-state index contributed by atoms with van der Waals surface area (Å²) >= 11 is 0. The minimum Gasteiger partial charge on any atom is -0.482 e. The first kappa shape index (κ1) is 14.8. The Morgan fingerprint density at radius 3 is 2.85 bits per heavy atom. The second-order valence-corrected chi connectivity index (χ2v) is 6.44. The highest BCUT2D eigenvalue weighted by Crippen LogP contribution is 2.30. The fourth-order valence-electron chi connectivity index (χ4n) is 2.05. The molecular formula is C13H18N2O4S. The molecule has 7 heteroatoms. The SMILES string of the molecule is CCCS(=O)(=O)NCCN1C(=O)COc2ccccc21. The van der Waals surface area contributed by atoms with Crippen molar-refractivity contribution >= 4 is 21.6 Å². The summed E-state index contributed by atoms with van der Waals surface area (Å²) in [4.78, 5) is 13.4. The highest BCUT2D eigenvalue weighted by Gasteiger charge is 2.24. The quantitative estimate of drug-likeness (QED) is 0.840. The summed E-state index contributed by atoms with van der Waals surface area (Å²) in [6, 6.07) is 7.22. The van der Waals surface area contributed by atoms with Gasteiger partial charge in [-0.3, -0.25) is 4.79 Å². The number of fused-ring (bicyclic) bond motifs is 1. The standard InChI is InChI=1S/C13H18N2O4S/c1-2-9-20(17,18)14-7-8-15-11-5-3-4-6-12(11)19-10-13(15)16/h3-6,14H,2,7-10H2,1H3. The summed E-state index contributed by atoms with van der Waals surface area (Å²) in [6.45, 7) is 2.28. The number of nitrogens with one attached hydrogen (secondary N) is 1. The molecule has 0 spiro atoms. The van der Waals surface area contributed by atoms with E-state index in [9.17, 15) is 13.2 Å². The van der Waals surface area contributed by atoms with Crippen molar-refractivity contribution < 1.29 is 17.9 Å². The van der Waals surface area contributed by atoms with E-state index >= 15 is 0 Å². The molecule has 0 fully saturated rings. The lowest BCUT2D eigenvalue weighted by Gasteiger charge is -2.29. The first-order valence-electron chi connectivity index (χ1n) is 6.53. The number of carbonyl (C=O) groups is 1. The van der Waals surface area contributed by atoms with Gasteiger partial charge in [0.1, 0.15) is 5.75 Å². The Morgan fingerprint density at radius 1 is 1.35 bits per heavy atom. The Morgan fingerprint density at radius 2 is 2.10 bits per heavy atom. The van der Waals surface area contributed by atoms with Gasteiger partial charge in [-0.15, -0.1) is 0 Å². The molecule has 0 aromatic heterocycles. The summed E-state index contributed by atoms with van der Waals surface area (Å²) in [5.74, 6) is 0.572. The van der Waals surface area contributed by atoms with Gasteiger partial charge in [0.15, 0.2) is 6.61 Å². The Labute approximate surface area is 118 Å². The molecule has 0 saturated carbocycles. The molecule has 1 amide bonds. The number of anilines is 1. The van der Waals surface area contributed by atoms with E-state index < -0.39 is 10.0 Å².